The summed E-state index contributed by atoms with van der Waals surface area (Å²) >= 11 is 0. The fraction of sp³-hybridized carbons (Fsp3) is 0.120. The van der Waals surface area contributed by atoms with E-state index < -0.39 is 12.0 Å². The lowest BCUT2D eigenvalue weighted by Gasteiger charge is -2.16. The van der Waals surface area contributed by atoms with E-state index in [1.807, 2.05) is 72.9 Å². The zero-order chi connectivity index (χ0) is 20.9. The summed E-state index contributed by atoms with van der Waals surface area (Å²) in [7, 11) is 1.32. The van der Waals surface area contributed by atoms with Crippen LogP contribution in [0, 0.1) is 0 Å². The lowest BCUT2D eigenvalue weighted by atomic mass is 10.0. The van der Waals surface area contributed by atoms with Gasteiger partial charge in [0.1, 0.15) is 6.04 Å². The zero-order valence-corrected chi connectivity index (χ0v) is 16.6. The SMILES string of the molecule is COC(=O)[C@H](Cc1c[nH]c2ccccc12)NC(=O)c1ccc(-c2ccccc2)cc1. The molecule has 0 aliphatic heterocycles. The molecule has 0 radical (unpaired) electrons. The molecule has 0 aliphatic carbocycles. The van der Waals surface area contributed by atoms with Crippen molar-refractivity contribution in [3.63, 3.8) is 0 Å². The van der Waals surface area contributed by atoms with E-state index in [0.717, 1.165) is 27.6 Å². The number of carbonyl (C=O) groups excluding carboxylic acids is 2. The Bertz CT molecular complexity index is 1160. The molecule has 4 rings (SSSR count). The fourth-order valence-corrected chi connectivity index (χ4v) is 3.54. The number of hydrogen-bond donors (Lipinski definition) is 2. The molecule has 5 nitrogen and oxygen atoms in total. The highest BCUT2D eigenvalue weighted by atomic mass is 16.5. The van der Waals surface area contributed by atoms with Gasteiger partial charge in [0.05, 0.1) is 7.11 Å². The average Bonchev–Trinajstić information content (AvgIpc) is 3.21. The van der Waals surface area contributed by atoms with Crippen molar-refractivity contribution in [2.75, 3.05) is 7.11 Å². The molecule has 2 N–H and O–H groups in total. The molecule has 1 aromatic heterocycles. The lowest BCUT2D eigenvalue weighted by molar-refractivity contribution is -0.142. The van der Waals surface area contributed by atoms with Gasteiger partial charge in [0.15, 0.2) is 0 Å². The Kier molecular flexibility index (Phi) is 5.61. The largest absolute Gasteiger partial charge is 0.467 e. The number of benzene rings is 3. The Labute approximate surface area is 174 Å². The van der Waals surface area contributed by atoms with Gasteiger partial charge >= 0.3 is 5.97 Å². The second-order valence-electron chi connectivity index (χ2n) is 7.06. The van der Waals surface area contributed by atoms with Crippen LogP contribution in [0.5, 0.6) is 0 Å². The molecule has 0 bridgehead atoms. The summed E-state index contributed by atoms with van der Waals surface area (Å²) in [6.07, 6.45) is 2.20. The van der Waals surface area contributed by atoms with E-state index in [9.17, 15) is 9.59 Å². The molecule has 0 saturated heterocycles. The number of aromatic amines is 1. The van der Waals surface area contributed by atoms with Crippen molar-refractivity contribution in [3.05, 3.63) is 96.2 Å². The topological polar surface area (TPSA) is 71.2 Å². The number of esters is 1. The van der Waals surface area contributed by atoms with Crippen LogP contribution < -0.4 is 5.32 Å². The maximum atomic E-state index is 12.8. The molecule has 0 unspecified atom stereocenters. The van der Waals surface area contributed by atoms with Gasteiger partial charge in [-0.1, -0.05) is 60.7 Å². The number of hydrogen-bond acceptors (Lipinski definition) is 3. The number of nitrogens with one attached hydrogen (secondary N) is 2. The number of carbonyl (C=O) groups is 2. The molecule has 0 spiro atoms. The molecule has 0 fully saturated rings. The second-order valence-corrected chi connectivity index (χ2v) is 7.06. The molecule has 0 saturated carbocycles. The first-order valence-electron chi connectivity index (χ1n) is 9.75. The summed E-state index contributed by atoms with van der Waals surface area (Å²) < 4.78 is 4.92. The molecule has 1 heterocycles. The van der Waals surface area contributed by atoms with Crippen LogP contribution in [-0.2, 0) is 16.0 Å². The Balaban J connectivity index is 1.51. The fourth-order valence-electron chi connectivity index (χ4n) is 3.54. The quantitative estimate of drug-likeness (QED) is 0.475. The van der Waals surface area contributed by atoms with E-state index in [-0.39, 0.29) is 5.91 Å². The van der Waals surface area contributed by atoms with Gasteiger partial charge in [0.25, 0.3) is 5.91 Å². The van der Waals surface area contributed by atoms with Gasteiger partial charge in [-0.05, 0) is 34.9 Å². The second kappa shape index (κ2) is 8.66. The average molecular weight is 398 g/mol. The van der Waals surface area contributed by atoms with Gasteiger partial charge < -0.3 is 15.0 Å². The minimum absolute atomic E-state index is 0.315. The minimum atomic E-state index is -0.782. The van der Waals surface area contributed by atoms with Crippen LogP contribution in [0.1, 0.15) is 15.9 Å². The van der Waals surface area contributed by atoms with Crippen molar-refractivity contribution in [1.82, 2.24) is 10.3 Å². The molecule has 1 amide bonds. The van der Waals surface area contributed by atoms with Gasteiger partial charge in [-0.15, -0.1) is 0 Å². The summed E-state index contributed by atoms with van der Waals surface area (Å²) in [5.41, 5.74) is 4.52. The predicted octanol–water partition coefficient (Wildman–Crippen LogP) is 4.35. The first-order valence-corrected chi connectivity index (χ1v) is 9.75. The lowest BCUT2D eigenvalue weighted by Crippen LogP contribution is -2.43. The highest BCUT2D eigenvalue weighted by Crippen LogP contribution is 2.21. The maximum absolute atomic E-state index is 12.8. The molecule has 0 aliphatic rings. The van der Waals surface area contributed by atoms with E-state index in [2.05, 4.69) is 10.3 Å². The van der Waals surface area contributed by atoms with Crippen LogP contribution in [0.3, 0.4) is 0 Å². The standard InChI is InChI=1S/C25H22N2O3/c1-30-25(29)23(15-20-16-26-22-10-6-5-9-21(20)22)27-24(28)19-13-11-18(12-14-19)17-7-3-2-4-8-17/h2-14,16,23,26H,15H2,1H3,(H,27,28)/t23-/m0/s1. The summed E-state index contributed by atoms with van der Waals surface area (Å²) in [5.74, 6) is -0.792. The smallest absolute Gasteiger partial charge is 0.328 e. The van der Waals surface area contributed by atoms with Crippen LogP contribution in [-0.4, -0.2) is 30.0 Å². The van der Waals surface area contributed by atoms with Crippen LogP contribution >= 0.6 is 0 Å². The third-order valence-electron chi connectivity index (χ3n) is 5.14. The van der Waals surface area contributed by atoms with Crippen molar-refractivity contribution < 1.29 is 14.3 Å². The van der Waals surface area contributed by atoms with E-state index >= 15 is 0 Å². The molecular weight excluding hydrogens is 376 g/mol. The molecule has 3 aromatic carbocycles. The summed E-state index contributed by atoms with van der Waals surface area (Å²) in [5, 5.41) is 3.84. The molecule has 1 atom stereocenters. The van der Waals surface area contributed by atoms with E-state index in [4.69, 9.17) is 4.74 Å². The summed E-state index contributed by atoms with van der Waals surface area (Å²) in [6, 6.07) is 24.3. The first-order chi connectivity index (χ1) is 14.7. The van der Waals surface area contributed by atoms with Crippen molar-refractivity contribution >= 4 is 22.8 Å². The highest BCUT2D eigenvalue weighted by molar-refractivity contribution is 5.97. The van der Waals surface area contributed by atoms with Crippen molar-refractivity contribution in [1.29, 1.82) is 0 Å². The summed E-state index contributed by atoms with van der Waals surface area (Å²) in [4.78, 5) is 28.3. The number of H-pyrrole nitrogens is 1. The van der Waals surface area contributed by atoms with Crippen LogP contribution in [0.2, 0.25) is 0 Å². The Morgan fingerprint density at radius 1 is 0.900 bits per heavy atom. The number of aromatic nitrogens is 1. The normalized spacial score (nSPS) is 11.8. The number of rotatable bonds is 6. The Morgan fingerprint density at radius 3 is 2.30 bits per heavy atom. The third-order valence-corrected chi connectivity index (χ3v) is 5.14. The van der Waals surface area contributed by atoms with Crippen LogP contribution in [0.15, 0.2) is 85.1 Å². The van der Waals surface area contributed by atoms with Crippen LogP contribution in [0.4, 0.5) is 0 Å². The Morgan fingerprint density at radius 2 is 1.57 bits per heavy atom. The number of para-hydroxylation sites is 1. The molecule has 5 heteroatoms. The number of amides is 1. The first kappa shape index (κ1) is 19.5. The zero-order valence-electron chi connectivity index (χ0n) is 16.6. The number of ether oxygens (including phenoxy) is 1. The van der Waals surface area contributed by atoms with Gasteiger partial charge in [-0.3, -0.25) is 4.79 Å². The van der Waals surface area contributed by atoms with Gasteiger partial charge in [-0.25, -0.2) is 4.79 Å². The molecule has 4 aromatic rings. The van der Waals surface area contributed by atoms with Crippen molar-refractivity contribution in [2.45, 2.75) is 12.5 Å². The van der Waals surface area contributed by atoms with Gasteiger partial charge in [-0.2, -0.15) is 0 Å². The van der Waals surface area contributed by atoms with Crippen molar-refractivity contribution in [3.8, 4) is 11.1 Å². The van der Waals surface area contributed by atoms with E-state index in [1.54, 1.807) is 12.1 Å². The number of fused-ring (bicyclic) bond motifs is 1. The predicted molar refractivity (Wildman–Crippen MR) is 117 cm³/mol. The molecular formula is C25H22N2O3. The third kappa shape index (κ3) is 4.10. The molecule has 30 heavy (non-hydrogen) atoms. The highest BCUT2D eigenvalue weighted by Gasteiger charge is 2.24. The van der Waals surface area contributed by atoms with Gasteiger partial charge in [0, 0.05) is 29.1 Å². The van der Waals surface area contributed by atoms with Crippen molar-refractivity contribution in [2.24, 2.45) is 0 Å². The number of methoxy groups -OCH3 is 1. The van der Waals surface area contributed by atoms with Gasteiger partial charge in [0.2, 0.25) is 0 Å². The Hall–Kier alpha value is -3.86. The van der Waals surface area contributed by atoms with E-state index in [0.29, 0.717) is 12.0 Å². The van der Waals surface area contributed by atoms with E-state index in [1.165, 1.54) is 7.11 Å². The molecule has 150 valence electrons. The summed E-state index contributed by atoms with van der Waals surface area (Å²) in [6.45, 7) is 0. The maximum Gasteiger partial charge on any atom is 0.328 e. The monoisotopic (exact) mass is 398 g/mol. The minimum Gasteiger partial charge on any atom is -0.467 e. The van der Waals surface area contributed by atoms with Crippen LogP contribution in [0.25, 0.3) is 22.0 Å².